The molecule has 2 aromatic carbocycles. The van der Waals surface area contributed by atoms with E-state index in [-0.39, 0.29) is 17.5 Å². The minimum absolute atomic E-state index is 0.0213. The molecule has 0 unspecified atom stereocenters. The van der Waals surface area contributed by atoms with Gasteiger partial charge in [0.15, 0.2) is 0 Å². The monoisotopic (exact) mass is 356 g/mol. The topological polar surface area (TPSA) is 87.1 Å². The Labute approximate surface area is 147 Å². The van der Waals surface area contributed by atoms with Gasteiger partial charge in [0.25, 0.3) is 0 Å². The fraction of sp³-hybridized carbons (Fsp3) is 0.0556. The van der Waals surface area contributed by atoms with Crippen LogP contribution in [0.25, 0.3) is 11.3 Å². The number of aromatic nitrogens is 2. The molecule has 0 spiro atoms. The highest BCUT2D eigenvalue weighted by atomic mass is 19.1. The number of hydrogen-bond donors (Lipinski definition) is 3. The Morgan fingerprint density at radius 3 is 2.35 bits per heavy atom. The second-order valence-corrected chi connectivity index (χ2v) is 5.30. The Morgan fingerprint density at radius 1 is 1.00 bits per heavy atom. The van der Waals surface area contributed by atoms with Crippen molar-refractivity contribution in [2.75, 3.05) is 17.2 Å². The van der Waals surface area contributed by atoms with Crippen LogP contribution in [0.3, 0.4) is 0 Å². The second kappa shape index (κ2) is 7.56. The molecule has 0 saturated carbocycles. The summed E-state index contributed by atoms with van der Waals surface area (Å²) < 4.78 is 27.7. The summed E-state index contributed by atoms with van der Waals surface area (Å²) in [6.07, 6.45) is 0. The zero-order valence-electron chi connectivity index (χ0n) is 13.4. The van der Waals surface area contributed by atoms with Crippen molar-refractivity contribution in [1.29, 1.82) is 0 Å². The first-order chi connectivity index (χ1) is 12.5. The molecule has 0 radical (unpaired) electrons. The van der Waals surface area contributed by atoms with Gasteiger partial charge < -0.3 is 15.7 Å². The highest BCUT2D eigenvalue weighted by Gasteiger charge is 2.12. The predicted molar refractivity (Wildman–Crippen MR) is 93.2 cm³/mol. The maximum Gasteiger partial charge on any atom is 0.322 e. The minimum Gasteiger partial charge on any atom is -0.480 e. The smallest absolute Gasteiger partial charge is 0.322 e. The zero-order valence-corrected chi connectivity index (χ0v) is 13.4. The number of para-hydroxylation sites is 1. The van der Waals surface area contributed by atoms with Gasteiger partial charge in [0.2, 0.25) is 5.95 Å². The number of nitrogens with zero attached hydrogens (tertiary/aromatic N) is 2. The number of halogens is 2. The van der Waals surface area contributed by atoms with Crippen LogP contribution < -0.4 is 10.6 Å². The van der Waals surface area contributed by atoms with Crippen molar-refractivity contribution < 1.29 is 18.7 Å². The number of hydrogen-bond acceptors (Lipinski definition) is 5. The third kappa shape index (κ3) is 4.10. The van der Waals surface area contributed by atoms with Gasteiger partial charge in [0, 0.05) is 11.6 Å². The SMILES string of the molecule is O=C(O)CNc1nc(Nc2c(F)cccc2F)cc(-c2ccccc2)n1. The Balaban J connectivity index is 2.00. The Morgan fingerprint density at radius 2 is 1.69 bits per heavy atom. The summed E-state index contributed by atoms with van der Waals surface area (Å²) in [6, 6.07) is 14.1. The van der Waals surface area contributed by atoms with E-state index in [0.717, 1.165) is 17.7 Å². The number of aliphatic carboxylic acids is 1. The quantitative estimate of drug-likeness (QED) is 0.625. The molecule has 0 bridgehead atoms. The van der Waals surface area contributed by atoms with E-state index in [0.29, 0.717) is 5.69 Å². The molecule has 6 nitrogen and oxygen atoms in total. The van der Waals surface area contributed by atoms with Crippen LogP contribution in [0.15, 0.2) is 54.6 Å². The first kappa shape index (κ1) is 17.3. The molecule has 0 saturated heterocycles. The van der Waals surface area contributed by atoms with Crippen molar-refractivity contribution in [2.24, 2.45) is 0 Å². The normalized spacial score (nSPS) is 10.4. The minimum atomic E-state index is -1.09. The van der Waals surface area contributed by atoms with E-state index in [9.17, 15) is 13.6 Å². The van der Waals surface area contributed by atoms with Crippen LogP contribution in [0.2, 0.25) is 0 Å². The summed E-state index contributed by atoms with van der Waals surface area (Å²) in [5, 5.41) is 14.0. The van der Waals surface area contributed by atoms with Gasteiger partial charge in [-0.05, 0) is 12.1 Å². The van der Waals surface area contributed by atoms with Gasteiger partial charge >= 0.3 is 5.97 Å². The Kier molecular flexibility index (Phi) is 5.02. The summed E-state index contributed by atoms with van der Waals surface area (Å²) in [4.78, 5) is 19.1. The van der Waals surface area contributed by atoms with E-state index in [1.165, 1.54) is 12.1 Å². The highest BCUT2D eigenvalue weighted by molar-refractivity contribution is 5.73. The molecule has 0 aliphatic heterocycles. The van der Waals surface area contributed by atoms with Gasteiger partial charge in [0.05, 0.1) is 5.69 Å². The van der Waals surface area contributed by atoms with Crippen molar-refractivity contribution in [2.45, 2.75) is 0 Å². The molecule has 0 fully saturated rings. The zero-order chi connectivity index (χ0) is 18.5. The highest BCUT2D eigenvalue weighted by Crippen LogP contribution is 2.26. The number of anilines is 3. The molecule has 0 aliphatic carbocycles. The number of rotatable bonds is 6. The third-order valence-corrected chi connectivity index (χ3v) is 3.41. The molecule has 26 heavy (non-hydrogen) atoms. The van der Waals surface area contributed by atoms with E-state index < -0.39 is 24.1 Å². The number of carboxylic acids is 1. The van der Waals surface area contributed by atoms with Crippen LogP contribution in [-0.4, -0.2) is 27.6 Å². The molecule has 8 heteroatoms. The van der Waals surface area contributed by atoms with Crippen molar-refractivity contribution >= 4 is 23.4 Å². The number of carboxylic acid groups (broad SMARTS) is 1. The van der Waals surface area contributed by atoms with Gasteiger partial charge in [-0.15, -0.1) is 0 Å². The molecule has 0 amide bonds. The molecule has 0 aliphatic rings. The second-order valence-electron chi connectivity index (χ2n) is 5.30. The Bertz CT molecular complexity index is 915. The molecule has 0 atom stereocenters. The lowest BCUT2D eigenvalue weighted by Crippen LogP contribution is -2.15. The van der Waals surface area contributed by atoms with Crippen molar-refractivity contribution in [3.8, 4) is 11.3 Å². The van der Waals surface area contributed by atoms with Gasteiger partial charge in [-0.25, -0.2) is 13.8 Å². The first-order valence-corrected chi connectivity index (χ1v) is 7.64. The summed E-state index contributed by atoms with van der Waals surface area (Å²) in [6.45, 7) is -0.397. The van der Waals surface area contributed by atoms with Gasteiger partial charge in [0.1, 0.15) is 29.7 Å². The number of carbonyl (C=O) groups is 1. The van der Waals surface area contributed by atoms with Crippen molar-refractivity contribution in [3.63, 3.8) is 0 Å². The van der Waals surface area contributed by atoms with Crippen LogP contribution in [0.1, 0.15) is 0 Å². The molecule has 3 aromatic rings. The lowest BCUT2D eigenvalue weighted by atomic mass is 10.1. The summed E-state index contributed by atoms with van der Waals surface area (Å²) in [5.74, 6) is -2.49. The number of nitrogens with one attached hydrogen (secondary N) is 2. The molecule has 3 rings (SSSR count). The van der Waals surface area contributed by atoms with Gasteiger partial charge in [-0.1, -0.05) is 36.4 Å². The first-order valence-electron chi connectivity index (χ1n) is 7.64. The van der Waals surface area contributed by atoms with Crippen LogP contribution in [0.4, 0.5) is 26.2 Å². The predicted octanol–water partition coefficient (Wildman–Crippen LogP) is 3.66. The fourth-order valence-corrected chi connectivity index (χ4v) is 2.25. The lowest BCUT2D eigenvalue weighted by molar-refractivity contribution is -0.134. The maximum atomic E-state index is 13.9. The van der Waals surface area contributed by atoms with E-state index in [1.54, 1.807) is 12.1 Å². The van der Waals surface area contributed by atoms with E-state index >= 15 is 0 Å². The van der Waals surface area contributed by atoms with Crippen molar-refractivity contribution in [1.82, 2.24) is 9.97 Å². The van der Waals surface area contributed by atoms with Crippen LogP contribution in [0.5, 0.6) is 0 Å². The third-order valence-electron chi connectivity index (χ3n) is 3.41. The summed E-state index contributed by atoms with van der Waals surface area (Å²) >= 11 is 0. The Hall–Kier alpha value is -3.55. The van der Waals surface area contributed by atoms with Crippen molar-refractivity contribution in [3.05, 3.63) is 66.2 Å². The summed E-state index contributed by atoms with van der Waals surface area (Å²) in [5.41, 5.74) is 0.854. The fourth-order valence-electron chi connectivity index (χ4n) is 2.25. The van der Waals surface area contributed by atoms with Crippen LogP contribution in [-0.2, 0) is 4.79 Å². The molecule has 1 heterocycles. The molecule has 3 N–H and O–H groups in total. The molecule has 1 aromatic heterocycles. The van der Waals surface area contributed by atoms with E-state index in [2.05, 4.69) is 20.6 Å². The summed E-state index contributed by atoms with van der Waals surface area (Å²) in [7, 11) is 0. The molecular weight excluding hydrogens is 342 g/mol. The van der Waals surface area contributed by atoms with Crippen LogP contribution >= 0.6 is 0 Å². The number of benzene rings is 2. The molecular formula is C18H14F2N4O2. The largest absolute Gasteiger partial charge is 0.480 e. The van der Waals surface area contributed by atoms with Gasteiger partial charge in [-0.2, -0.15) is 4.98 Å². The van der Waals surface area contributed by atoms with Crippen LogP contribution in [0, 0.1) is 11.6 Å². The average Bonchev–Trinajstić information content (AvgIpc) is 2.64. The lowest BCUT2D eigenvalue weighted by Gasteiger charge is -2.12. The van der Waals surface area contributed by atoms with E-state index in [4.69, 9.17) is 5.11 Å². The van der Waals surface area contributed by atoms with Gasteiger partial charge in [-0.3, -0.25) is 4.79 Å². The average molecular weight is 356 g/mol. The standard InChI is InChI=1S/C18H14F2N4O2/c19-12-7-4-8-13(20)17(12)23-15-9-14(11-5-2-1-3-6-11)22-18(24-15)21-10-16(25)26/h1-9H,10H2,(H,25,26)(H2,21,22,23,24). The maximum absolute atomic E-state index is 13.9. The van der Waals surface area contributed by atoms with E-state index in [1.807, 2.05) is 18.2 Å². The molecule has 132 valence electrons.